The van der Waals surface area contributed by atoms with Crippen molar-refractivity contribution in [2.24, 2.45) is 0 Å². The molecule has 0 saturated heterocycles. The molecule has 0 fully saturated rings. The number of hydrogen-bond donors (Lipinski definition) is 2. The Morgan fingerprint density at radius 2 is 1.92 bits per heavy atom. The van der Waals surface area contributed by atoms with Gasteiger partial charge in [-0.05, 0) is 42.2 Å². The summed E-state index contributed by atoms with van der Waals surface area (Å²) in [5.74, 6) is 0.368. The number of benzene rings is 2. The minimum atomic E-state index is -0.0592. The molecule has 1 heterocycles. The van der Waals surface area contributed by atoms with E-state index in [0.29, 0.717) is 17.9 Å². The van der Waals surface area contributed by atoms with E-state index in [9.17, 15) is 9.59 Å². The van der Waals surface area contributed by atoms with Crippen LogP contribution in [0.4, 0.5) is 11.4 Å². The lowest BCUT2D eigenvalue weighted by molar-refractivity contribution is -0.115. The molecule has 2 amide bonds. The summed E-state index contributed by atoms with van der Waals surface area (Å²) < 4.78 is 0. The second kappa shape index (κ2) is 8.21. The van der Waals surface area contributed by atoms with Gasteiger partial charge >= 0.3 is 0 Å². The number of aryl methyl sites for hydroxylation is 1. The van der Waals surface area contributed by atoms with Crippen molar-refractivity contribution in [2.45, 2.75) is 37.5 Å². The number of hydrogen-bond acceptors (Lipinski definition) is 3. The monoisotopic (exact) mass is 354 g/mol. The Morgan fingerprint density at radius 1 is 1.16 bits per heavy atom. The van der Waals surface area contributed by atoms with Crippen molar-refractivity contribution in [3.8, 4) is 0 Å². The van der Waals surface area contributed by atoms with Crippen LogP contribution in [0.25, 0.3) is 0 Å². The van der Waals surface area contributed by atoms with E-state index in [-0.39, 0.29) is 11.8 Å². The Hall–Kier alpha value is -2.27. The lowest BCUT2D eigenvalue weighted by Crippen LogP contribution is -2.19. The zero-order valence-electron chi connectivity index (χ0n) is 14.3. The number of carbonyl (C=O) groups is 2. The molecule has 0 saturated carbocycles. The number of rotatable bonds is 6. The van der Waals surface area contributed by atoms with Crippen LogP contribution in [-0.4, -0.2) is 17.6 Å². The highest BCUT2D eigenvalue weighted by molar-refractivity contribution is 8.00. The van der Waals surface area contributed by atoms with Crippen molar-refractivity contribution < 1.29 is 9.59 Å². The molecule has 0 aromatic heterocycles. The van der Waals surface area contributed by atoms with Gasteiger partial charge in [0.15, 0.2) is 0 Å². The average Bonchev–Trinajstić information content (AvgIpc) is 2.60. The Morgan fingerprint density at radius 3 is 2.68 bits per heavy atom. The summed E-state index contributed by atoms with van der Waals surface area (Å²) in [5.41, 5.74) is 3.78. The van der Waals surface area contributed by atoms with Crippen molar-refractivity contribution in [3.63, 3.8) is 0 Å². The largest absolute Gasteiger partial charge is 0.326 e. The number of unbranched alkanes of at least 4 members (excludes halogenated alkanes) is 1. The molecule has 1 aliphatic heterocycles. The Labute approximate surface area is 152 Å². The molecular weight excluding hydrogens is 332 g/mol. The molecule has 25 heavy (non-hydrogen) atoms. The van der Waals surface area contributed by atoms with Crippen LogP contribution in [-0.2, 0) is 22.4 Å². The third kappa shape index (κ3) is 4.86. The number of amides is 2. The number of nitrogens with one attached hydrogen (secondary N) is 2. The van der Waals surface area contributed by atoms with Crippen LogP contribution in [0.2, 0.25) is 0 Å². The molecule has 0 bridgehead atoms. The van der Waals surface area contributed by atoms with Gasteiger partial charge in [0, 0.05) is 10.6 Å². The maximum absolute atomic E-state index is 12.3. The van der Waals surface area contributed by atoms with Crippen LogP contribution in [0.15, 0.2) is 47.4 Å². The molecule has 2 aromatic carbocycles. The van der Waals surface area contributed by atoms with Crippen LogP contribution in [0.5, 0.6) is 0 Å². The highest BCUT2D eigenvalue weighted by atomic mass is 32.2. The summed E-state index contributed by atoms with van der Waals surface area (Å²) in [5, 5.41) is 5.74. The van der Waals surface area contributed by atoms with Gasteiger partial charge in [-0.25, -0.2) is 0 Å². The van der Waals surface area contributed by atoms with Crippen LogP contribution in [0.1, 0.15) is 30.9 Å². The van der Waals surface area contributed by atoms with Crippen LogP contribution in [0.3, 0.4) is 0 Å². The SMILES string of the molecule is CCCCc1ccc(CC(=O)Nc2ccc3c(c2)NC(=O)CS3)cc1. The first-order valence-electron chi connectivity index (χ1n) is 8.58. The topological polar surface area (TPSA) is 58.2 Å². The lowest BCUT2D eigenvalue weighted by Gasteiger charge is -2.17. The Bertz CT molecular complexity index is 772. The van der Waals surface area contributed by atoms with Crippen molar-refractivity contribution in [1.29, 1.82) is 0 Å². The van der Waals surface area contributed by atoms with Gasteiger partial charge in [0.05, 0.1) is 17.9 Å². The quantitative estimate of drug-likeness (QED) is 0.815. The van der Waals surface area contributed by atoms with Crippen LogP contribution < -0.4 is 10.6 Å². The van der Waals surface area contributed by atoms with Crippen molar-refractivity contribution in [1.82, 2.24) is 0 Å². The van der Waals surface area contributed by atoms with Gasteiger partial charge in [-0.3, -0.25) is 9.59 Å². The highest BCUT2D eigenvalue weighted by Gasteiger charge is 2.16. The number of anilines is 2. The molecule has 0 radical (unpaired) electrons. The predicted octanol–water partition coefficient (Wildman–Crippen LogP) is 4.25. The van der Waals surface area contributed by atoms with Gasteiger partial charge in [0.1, 0.15) is 0 Å². The van der Waals surface area contributed by atoms with Crippen molar-refractivity contribution in [3.05, 3.63) is 53.6 Å². The van der Waals surface area contributed by atoms with Gasteiger partial charge in [-0.1, -0.05) is 37.6 Å². The van der Waals surface area contributed by atoms with Gasteiger partial charge < -0.3 is 10.6 Å². The van der Waals surface area contributed by atoms with Crippen LogP contribution >= 0.6 is 11.8 Å². The lowest BCUT2D eigenvalue weighted by atomic mass is 10.0. The Balaban J connectivity index is 1.59. The summed E-state index contributed by atoms with van der Waals surface area (Å²) >= 11 is 1.51. The fourth-order valence-electron chi connectivity index (χ4n) is 2.76. The van der Waals surface area contributed by atoms with E-state index in [2.05, 4.69) is 29.7 Å². The summed E-state index contributed by atoms with van der Waals surface area (Å²) in [6.45, 7) is 2.18. The molecule has 3 rings (SSSR count). The van der Waals surface area contributed by atoms with Gasteiger partial charge in [-0.2, -0.15) is 0 Å². The summed E-state index contributed by atoms with van der Waals surface area (Å²) in [6, 6.07) is 13.9. The van der Waals surface area contributed by atoms with Crippen molar-refractivity contribution in [2.75, 3.05) is 16.4 Å². The normalized spacial score (nSPS) is 13.1. The van der Waals surface area contributed by atoms with Crippen LogP contribution in [0, 0.1) is 0 Å². The van der Waals surface area contributed by atoms with E-state index in [4.69, 9.17) is 0 Å². The van der Waals surface area contributed by atoms with Gasteiger partial charge in [0.2, 0.25) is 11.8 Å². The number of fused-ring (bicyclic) bond motifs is 1. The molecule has 2 N–H and O–H groups in total. The second-order valence-electron chi connectivity index (χ2n) is 6.19. The van der Waals surface area contributed by atoms with E-state index >= 15 is 0 Å². The molecule has 5 heteroatoms. The maximum Gasteiger partial charge on any atom is 0.234 e. The van der Waals surface area contributed by atoms with Gasteiger partial charge in [-0.15, -0.1) is 11.8 Å². The third-order valence-electron chi connectivity index (χ3n) is 4.10. The second-order valence-corrected chi connectivity index (χ2v) is 7.21. The van der Waals surface area contributed by atoms with E-state index in [1.165, 1.54) is 30.2 Å². The van der Waals surface area contributed by atoms with E-state index in [1.807, 2.05) is 30.3 Å². The summed E-state index contributed by atoms with van der Waals surface area (Å²) in [7, 11) is 0. The summed E-state index contributed by atoms with van der Waals surface area (Å²) in [6.07, 6.45) is 3.80. The fraction of sp³-hybridized carbons (Fsp3) is 0.300. The zero-order chi connectivity index (χ0) is 17.6. The third-order valence-corrected chi connectivity index (χ3v) is 5.18. The smallest absolute Gasteiger partial charge is 0.234 e. The summed E-state index contributed by atoms with van der Waals surface area (Å²) in [4.78, 5) is 24.8. The first kappa shape index (κ1) is 17.5. The van der Waals surface area contributed by atoms with Gasteiger partial charge in [0.25, 0.3) is 0 Å². The number of carbonyl (C=O) groups excluding carboxylic acids is 2. The first-order chi connectivity index (χ1) is 12.1. The minimum absolute atomic E-state index is 0.0101. The van der Waals surface area contributed by atoms with E-state index < -0.39 is 0 Å². The molecule has 0 unspecified atom stereocenters. The van der Waals surface area contributed by atoms with E-state index in [0.717, 1.165) is 22.6 Å². The molecule has 0 spiro atoms. The molecular formula is C20H22N2O2S. The molecule has 4 nitrogen and oxygen atoms in total. The standard InChI is InChI=1S/C20H22N2O2S/c1-2-3-4-14-5-7-15(8-6-14)11-19(23)21-16-9-10-18-17(12-16)22-20(24)13-25-18/h5-10,12H,2-4,11,13H2,1H3,(H,21,23)(H,22,24). The molecule has 2 aromatic rings. The van der Waals surface area contributed by atoms with E-state index in [1.54, 1.807) is 0 Å². The Kier molecular flexibility index (Phi) is 5.76. The minimum Gasteiger partial charge on any atom is -0.326 e. The fourth-order valence-corrected chi connectivity index (χ4v) is 3.54. The highest BCUT2D eigenvalue weighted by Crippen LogP contribution is 2.33. The maximum atomic E-state index is 12.3. The average molecular weight is 354 g/mol. The molecule has 1 aliphatic rings. The van der Waals surface area contributed by atoms with Crippen molar-refractivity contribution >= 4 is 35.0 Å². The number of thioether (sulfide) groups is 1. The molecule has 130 valence electrons. The predicted molar refractivity (Wildman–Crippen MR) is 103 cm³/mol. The first-order valence-corrected chi connectivity index (χ1v) is 9.57. The molecule has 0 atom stereocenters. The molecule has 0 aliphatic carbocycles. The zero-order valence-corrected chi connectivity index (χ0v) is 15.1.